The van der Waals surface area contributed by atoms with Gasteiger partial charge in [0.05, 0.1) is 5.69 Å². The number of hydrogen-bond donors (Lipinski definition) is 2. The van der Waals surface area contributed by atoms with Crippen LogP contribution in [0.4, 0.5) is 5.13 Å². The summed E-state index contributed by atoms with van der Waals surface area (Å²) in [7, 11) is 0. The van der Waals surface area contributed by atoms with Gasteiger partial charge in [-0.05, 0) is 37.3 Å². The Morgan fingerprint density at radius 3 is 2.79 bits per heavy atom. The number of piperazine rings is 1. The Labute approximate surface area is 173 Å². The first-order valence-electron chi connectivity index (χ1n) is 9.49. The molecule has 1 aliphatic rings. The van der Waals surface area contributed by atoms with Crippen LogP contribution in [0.15, 0.2) is 66.2 Å². The van der Waals surface area contributed by atoms with Crippen LogP contribution in [-0.4, -0.2) is 51.9 Å². The van der Waals surface area contributed by atoms with Gasteiger partial charge in [-0.3, -0.25) is 4.98 Å². The summed E-state index contributed by atoms with van der Waals surface area (Å²) in [5.74, 6) is 0.766. The maximum Gasteiger partial charge on any atom is 0.190 e. The molecule has 1 fully saturated rings. The summed E-state index contributed by atoms with van der Waals surface area (Å²) in [6, 6.07) is 7.87. The predicted octanol–water partition coefficient (Wildman–Crippen LogP) is 3.52. The molecule has 0 atom stereocenters. The number of allylic oxidation sites excluding steroid dienone is 1. The van der Waals surface area contributed by atoms with Gasteiger partial charge in [-0.1, -0.05) is 17.9 Å². The van der Waals surface area contributed by atoms with Gasteiger partial charge in [0.15, 0.2) is 5.13 Å². The second-order valence-electron chi connectivity index (χ2n) is 6.66. The highest BCUT2D eigenvalue weighted by atomic mass is 32.1. The smallest absolute Gasteiger partial charge is 0.190 e. The second kappa shape index (κ2) is 8.93. The summed E-state index contributed by atoms with van der Waals surface area (Å²) >= 11 is 1.51. The van der Waals surface area contributed by atoms with E-state index in [-0.39, 0.29) is 0 Å². The molecule has 4 rings (SSSR count). The second-order valence-corrected chi connectivity index (χ2v) is 7.64. The molecule has 1 saturated heterocycles. The van der Waals surface area contributed by atoms with Crippen molar-refractivity contribution in [3.63, 3.8) is 0 Å². The quantitative estimate of drug-likeness (QED) is 0.384. The minimum absolute atomic E-state index is 0.766. The van der Waals surface area contributed by atoms with Crippen molar-refractivity contribution in [1.29, 1.82) is 0 Å². The van der Waals surface area contributed by atoms with E-state index in [2.05, 4.69) is 37.1 Å². The molecule has 3 aromatic rings. The van der Waals surface area contributed by atoms with Crippen molar-refractivity contribution < 1.29 is 0 Å². The molecule has 0 amide bonds. The number of rotatable bonds is 5. The summed E-state index contributed by atoms with van der Waals surface area (Å²) in [6.07, 6.45) is 7.26. The molecule has 1 aliphatic heterocycles. The van der Waals surface area contributed by atoms with Crippen molar-refractivity contribution in [2.24, 2.45) is 4.99 Å². The molecule has 0 aromatic carbocycles. The molecule has 0 unspecified atom stereocenters. The minimum Gasteiger partial charge on any atom is -0.369 e. The zero-order chi connectivity index (χ0) is 20.1. The van der Waals surface area contributed by atoms with Crippen LogP contribution in [0, 0.1) is 0 Å². The standard InChI is InChI=1S/C21H23N7S/c1-15(28-13-11-23-12-14-28)5-10-24-16(2)25-21-27-19-4-3-18(26-20(19)29-21)17-6-8-22-9-7-17/h3-10,23H,1,11-14H2,2H3,(H,24,25,27)/b10-5-. The molecule has 0 saturated carbocycles. The number of aliphatic imine (C=N–C) groups is 1. The largest absolute Gasteiger partial charge is 0.369 e. The number of anilines is 1. The summed E-state index contributed by atoms with van der Waals surface area (Å²) in [5.41, 5.74) is 3.80. The van der Waals surface area contributed by atoms with Gasteiger partial charge in [0.1, 0.15) is 16.2 Å². The van der Waals surface area contributed by atoms with Crippen LogP contribution in [0.5, 0.6) is 0 Å². The molecule has 148 valence electrons. The highest BCUT2D eigenvalue weighted by molar-refractivity contribution is 7.22. The Hall–Kier alpha value is -3.10. The van der Waals surface area contributed by atoms with E-state index in [4.69, 9.17) is 4.98 Å². The number of fused-ring (bicyclic) bond motifs is 1. The van der Waals surface area contributed by atoms with Crippen LogP contribution < -0.4 is 10.6 Å². The molecule has 8 heteroatoms. The number of amidine groups is 1. The highest BCUT2D eigenvalue weighted by Crippen LogP contribution is 2.27. The van der Waals surface area contributed by atoms with Gasteiger partial charge in [-0.15, -0.1) is 0 Å². The maximum absolute atomic E-state index is 4.72. The van der Waals surface area contributed by atoms with Crippen LogP contribution in [0.25, 0.3) is 21.6 Å². The van der Waals surface area contributed by atoms with E-state index < -0.39 is 0 Å². The average Bonchev–Trinajstić information content (AvgIpc) is 3.16. The first kappa shape index (κ1) is 19.2. The number of pyridine rings is 2. The summed E-state index contributed by atoms with van der Waals surface area (Å²) < 4.78 is 0. The van der Waals surface area contributed by atoms with Crippen molar-refractivity contribution in [2.45, 2.75) is 6.92 Å². The van der Waals surface area contributed by atoms with Crippen molar-refractivity contribution in [1.82, 2.24) is 25.2 Å². The molecule has 7 nitrogen and oxygen atoms in total. The van der Waals surface area contributed by atoms with Gasteiger partial charge in [0.25, 0.3) is 0 Å². The van der Waals surface area contributed by atoms with E-state index in [0.717, 1.165) is 64.4 Å². The van der Waals surface area contributed by atoms with Crippen molar-refractivity contribution in [2.75, 3.05) is 31.5 Å². The highest BCUT2D eigenvalue weighted by Gasteiger charge is 2.09. The zero-order valence-corrected chi connectivity index (χ0v) is 17.1. The number of thiazole rings is 1. The maximum atomic E-state index is 4.72. The zero-order valence-electron chi connectivity index (χ0n) is 16.3. The molecule has 0 bridgehead atoms. The normalized spacial score (nSPS) is 15.2. The summed E-state index contributed by atoms with van der Waals surface area (Å²) in [5, 5.41) is 7.36. The fraction of sp³-hybridized carbons (Fsp3) is 0.238. The van der Waals surface area contributed by atoms with E-state index in [1.165, 1.54) is 11.3 Å². The lowest BCUT2D eigenvalue weighted by atomic mass is 10.2. The van der Waals surface area contributed by atoms with E-state index in [1.807, 2.05) is 37.3 Å². The number of nitrogens with zero attached hydrogens (tertiary/aromatic N) is 5. The van der Waals surface area contributed by atoms with Gasteiger partial charge in [0, 0.05) is 56.0 Å². The summed E-state index contributed by atoms with van der Waals surface area (Å²) in [4.78, 5) is 21.0. The third-order valence-electron chi connectivity index (χ3n) is 4.58. The number of nitrogens with one attached hydrogen (secondary N) is 2. The van der Waals surface area contributed by atoms with Gasteiger partial charge >= 0.3 is 0 Å². The Kier molecular flexibility index (Phi) is 5.92. The summed E-state index contributed by atoms with van der Waals surface area (Å²) in [6.45, 7) is 9.97. The number of aromatic nitrogens is 3. The monoisotopic (exact) mass is 405 g/mol. The Morgan fingerprint density at radius 2 is 2.00 bits per heavy atom. The molecule has 0 spiro atoms. The first-order chi connectivity index (χ1) is 14.2. The topological polar surface area (TPSA) is 78.3 Å². The molecule has 29 heavy (non-hydrogen) atoms. The Morgan fingerprint density at radius 1 is 1.21 bits per heavy atom. The lowest BCUT2D eigenvalue weighted by molar-refractivity contribution is 0.308. The minimum atomic E-state index is 0.766. The van der Waals surface area contributed by atoms with E-state index in [1.54, 1.807) is 18.6 Å². The van der Waals surface area contributed by atoms with Gasteiger partial charge < -0.3 is 15.5 Å². The fourth-order valence-corrected chi connectivity index (χ4v) is 3.92. The average molecular weight is 406 g/mol. The van der Waals surface area contributed by atoms with E-state index >= 15 is 0 Å². The van der Waals surface area contributed by atoms with E-state index in [9.17, 15) is 0 Å². The molecular weight excluding hydrogens is 382 g/mol. The number of hydrogen-bond acceptors (Lipinski definition) is 7. The molecule has 4 heterocycles. The molecule has 0 radical (unpaired) electrons. The van der Waals surface area contributed by atoms with Crippen LogP contribution in [0.3, 0.4) is 0 Å². The van der Waals surface area contributed by atoms with Crippen molar-refractivity contribution in [3.05, 3.63) is 61.2 Å². The lowest BCUT2D eigenvalue weighted by Crippen LogP contribution is -2.42. The van der Waals surface area contributed by atoms with Crippen LogP contribution in [0.2, 0.25) is 0 Å². The van der Waals surface area contributed by atoms with Gasteiger partial charge in [-0.2, -0.15) is 0 Å². The lowest BCUT2D eigenvalue weighted by Gasteiger charge is -2.29. The Bertz CT molecular complexity index is 1050. The first-order valence-corrected chi connectivity index (χ1v) is 10.3. The van der Waals surface area contributed by atoms with Crippen molar-refractivity contribution >= 4 is 32.7 Å². The Balaban J connectivity index is 1.42. The van der Waals surface area contributed by atoms with Gasteiger partial charge in [0.2, 0.25) is 0 Å². The third-order valence-corrected chi connectivity index (χ3v) is 5.46. The van der Waals surface area contributed by atoms with Crippen LogP contribution in [-0.2, 0) is 0 Å². The molecular formula is C21H23N7S. The van der Waals surface area contributed by atoms with Crippen LogP contribution in [0.1, 0.15) is 6.92 Å². The fourth-order valence-electron chi connectivity index (χ4n) is 3.03. The van der Waals surface area contributed by atoms with Gasteiger partial charge in [-0.25, -0.2) is 15.0 Å². The molecule has 0 aliphatic carbocycles. The molecule has 3 aromatic heterocycles. The SMILES string of the molecule is C=C(/C=C\N=C(/C)Nc1nc2ccc(-c3ccncc3)nc2s1)N1CCNCC1. The van der Waals surface area contributed by atoms with Crippen LogP contribution >= 0.6 is 11.3 Å². The van der Waals surface area contributed by atoms with Crippen molar-refractivity contribution in [3.8, 4) is 11.3 Å². The molecule has 2 N–H and O–H groups in total. The third kappa shape index (κ3) is 4.85. The van der Waals surface area contributed by atoms with E-state index in [0.29, 0.717) is 0 Å². The predicted molar refractivity (Wildman–Crippen MR) is 120 cm³/mol.